The highest BCUT2D eigenvalue weighted by atomic mass is 16.6. The maximum Gasteiger partial charge on any atom is 0.338 e. The SMILES string of the molecule is C=C(C)C(=O)Oc1ccc(CC(=O)OCC2CO2)cc1. The Morgan fingerprint density at radius 2 is 2.00 bits per heavy atom. The Kier molecular flexibility index (Phi) is 4.53. The predicted molar refractivity (Wildman–Crippen MR) is 71.3 cm³/mol. The highest BCUT2D eigenvalue weighted by Crippen LogP contribution is 2.15. The normalized spacial score (nSPS) is 16.4. The first kappa shape index (κ1) is 14.3. The summed E-state index contributed by atoms with van der Waals surface area (Å²) in [7, 11) is 0. The van der Waals surface area contributed by atoms with E-state index in [0.29, 0.717) is 24.5 Å². The van der Waals surface area contributed by atoms with Gasteiger partial charge in [-0.1, -0.05) is 18.7 Å². The molecule has 1 aromatic rings. The zero-order valence-corrected chi connectivity index (χ0v) is 11.3. The second-order valence-corrected chi connectivity index (χ2v) is 4.63. The highest BCUT2D eigenvalue weighted by Gasteiger charge is 2.24. The van der Waals surface area contributed by atoms with Gasteiger partial charge in [0.1, 0.15) is 18.5 Å². The van der Waals surface area contributed by atoms with Gasteiger partial charge in [0.25, 0.3) is 0 Å². The van der Waals surface area contributed by atoms with Gasteiger partial charge in [0.05, 0.1) is 13.0 Å². The van der Waals surface area contributed by atoms with E-state index in [1.54, 1.807) is 31.2 Å². The molecule has 106 valence electrons. The van der Waals surface area contributed by atoms with Crippen molar-refractivity contribution >= 4 is 11.9 Å². The Bertz CT molecular complexity index is 514. The van der Waals surface area contributed by atoms with Gasteiger partial charge in [-0.05, 0) is 24.6 Å². The number of hydrogen-bond donors (Lipinski definition) is 0. The molecule has 0 N–H and O–H groups in total. The van der Waals surface area contributed by atoms with Crippen molar-refractivity contribution in [2.45, 2.75) is 19.4 Å². The molecule has 5 heteroatoms. The van der Waals surface area contributed by atoms with E-state index in [4.69, 9.17) is 14.2 Å². The Morgan fingerprint density at radius 1 is 1.35 bits per heavy atom. The Labute approximate surface area is 117 Å². The lowest BCUT2D eigenvalue weighted by Crippen LogP contribution is -2.12. The number of ether oxygens (including phenoxy) is 3. The van der Waals surface area contributed by atoms with E-state index in [1.165, 1.54) is 0 Å². The quantitative estimate of drug-likeness (QED) is 0.342. The molecular formula is C15H16O5. The minimum absolute atomic E-state index is 0.0721. The second kappa shape index (κ2) is 6.34. The summed E-state index contributed by atoms with van der Waals surface area (Å²) in [5.41, 5.74) is 1.13. The van der Waals surface area contributed by atoms with Crippen LogP contribution in [0.5, 0.6) is 5.75 Å². The van der Waals surface area contributed by atoms with Crippen LogP contribution in [0.1, 0.15) is 12.5 Å². The van der Waals surface area contributed by atoms with Gasteiger partial charge in [0.15, 0.2) is 0 Å². The second-order valence-electron chi connectivity index (χ2n) is 4.63. The van der Waals surface area contributed by atoms with Crippen LogP contribution >= 0.6 is 0 Å². The van der Waals surface area contributed by atoms with Gasteiger partial charge in [-0.2, -0.15) is 0 Å². The molecule has 0 spiro atoms. The first-order valence-electron chi connectivity index (χ1n) is 6.28. The Morgan fingerprint density at radius 3 is 2.55 bits per heavy atom. The molecule has 20 heavy (non-hydrogen) atoms. The van der Waals surface area contributed by atoms with Crippen LogP contribution in [0, 0.1) is 0 Å². The van der Waals surface area contributed by atoms with E-state index in [0.717, 1.165) is 5.56 Å². The van der Waals surface area contributed by atoms with Crippen molar-refractivity contribution < 1.29 is 23.8 Å². The van der Waals surface area contributed by atoms with E-state index in [1.807, 2.05) is 0 Å². The number of carbonyl (C=O) groups excluding carboxylic acids is 2. The van der Waals surface area contributed by atoms with Gasteiger partial charge < -0.3 is 14.2 Å². The average molecular weight is 276 g/mol. The first-order chi connectivity index (χ1) is 9.54. The topological polar surface area (TPSA) is 65.1 Å². The molecule has 1 aromatic carbocycles. The third-order valence-electron chi connectivity index (χ3n) is 2.66. The lowest BCUT2D eigenvalue weighted by atomic mass is 10.1. The lowest BCUT2D eigenvalue weighted by molar-refractivity contribution is -0.143. The molecule has 1 atom stereocenters. The summed E-state index contributed by atoms with van der Waals surface area (Å²) in [4.78, 5) is 22.8. The van der Waals surface area contributed by atoms with Crippen LogP contribution in [-0.4, -0.2) is 31.3 Å². The smallest absolute Gasteiger partial charge is 0.338 e. The Hall–Kier alpha value is -2.14. The zero-order valence-electron chi connectivity index (χ0n) is 11.3. The zero-order chi connectivity index (χ0) is 14.5. The molecule has 1 saturated heterocycles. The summed E-state index contributed by atoms with van der Waals surface area (Å²) in [6.45, 7) is 6.06. The molecule has 1 aliphatic heterocycles. The molecule has 1 fully saturated rings. The number of epoxide rings is 1. The summed E-state index contributed by atoms with van der Waals surface area (Å²) in [5.74, 6) is -0.352. The number of rotatable bonds is 6. The molecule has 0 bridgehead atoms. The van der Waals surface area contributed by atoms with Crippen LogP contribution in [-0.2, 0) is 25.5 Å². The van der Waals surface area contributed by atoms with Gasteiger partial charge in [-0.3, -0.25) is 4.79 Å². The van der Waals surface area contributed by atoms with Crippen LogP contribution in [0.4, 0.5) is 0 Å². The van der Waals surface area contributed by atoms with Gasteiger partial charge in [-0.25, -0.2) is 4.79 Å². The number of esters is 2. The van der Waals surface area contributed by atoms with E-state index in [2.05, 4.69) is 6.58 Å². The fourth-order valence-corrected chi connectivity index (χ4v) is 1.44. The van der Waals surface area contributed by atoms with Gasteiger partial charge in [-0.15, -0.1) is 0 Å². The average Bonchev–Trinajstić information content (AvgIpc) is 3.22. The fraction of sp³-hybridized carbons (Fsp3) is 0.333. The largest absolute Gasteiger partial charge is 0.463 e. The molecular weight excluding hydrogens is 260 g/mol. The van der Waals surface area contributed by atoms with Crippen molar-refractivity contribution in [1.29, 1.82) is 0 Å². The molecule has 1 heterocycles. The molecule has 1 aliphatic rings. The summed E-state index contributed by atoms with van der Waals surface area (Å²) >= 11 is 0. The molecule has 5 nitrogen and oxygen atoms in total. The molecule has 0 saturated carbocycles. The molecule has 1 unspecified atom stereocenters. The monoisotopic (exact) mass is 276 g/mol. The standard InChI is InChI=1S/C15H16O5/c1-10(2)15(17)20-12-5-3-11(4-6-12)7-14(16)19-9-13-8-18-13/h3-6,13H,1,7-9H2,2H3. The Balaban J connectivity index is 1.82. The van der Waals surface area contributed by atoms with E-state index in [-0.39, 0.29) is 18.5 Å². The minimum atomic E-state index is -0.471. The van der Waals surface area contributed by atoms with Crippen molar-refractivity contribution in [2.24, 2.45) is 0 Å². The van der Waals surface area contributed by atoms with Crippen LogP contribution in [0.25, 0.3) is 0 Å². The summed E-state index contributed by atoms with van der Waals surface area (Å²) < 4.78 is 15.0. The van der Waals surface area contributed by atoms with Crippen molar-refractivity contribution in [2.75, 3.05) is 13.2 Å². The van der Waals surface area contributed by atoms with Crippen molar-refractivity contribution in [1.82, 2.24) is 0 Å². The lowest BCUT2D eigenvalue weighted by Gasteiger charge is -2.06. The molecule has 0 radical (unpaired) electrons. The maximum absolute atomic E-state index is 11.5. The van der Waals surface area contributed by atoms with E-state index >= 15 is 0 Å². The van der Waals surface area contributed by atoms with Crippen molar-refractivity contribution in [3.05, 3.63) is 42.0 Å². The molecule has 0 amide bonds. The van der Waals surface area contributed by atoms with Crippen molar-refractivity contribution in [3.63, 3.8) is 0 Å². The van der Waals surface area contributed by atoms with Crippen LogP contribution in [0.15, 0.2) is 36.4 Å². The summed E-state index contributed by atoms with van der Waals surface area (Å²) in [6, 6.07) is 6.70. The molecule has 0 aromatic heterocycles. The first-order valence-corrected chi connectivity index (χ1v) is 6.28. The predicted octanol–water partition coefficient (Wildman–Crippen LogP) is 1.65. The molecule has 0 aliphatic carbocycles. The van der Waals surface area contributed by atoms with Crippen molar-refractivity contribution in [3.8, 4) is 5.75 Å². The maximum atomic E-state index is 11.5. The van der Waals surface area contributed by atoms with Crippen LogP contribution in [0.3, 0.4) is 0 Å². The van der Waals surface area contributed by atoms with Gasteiger partial charge in [0.2, 0.25) is 0 Å². The molecule has 2 rings (SSSR count). The highest BCUT2D eigenvalue weighted by molar-refractivity contribution is 5.88. The van der Waals surface area contributed by atoms with Gasteiger partial charge >= 0.3 is 11.9 Å². The minimum Gasteiger partial charge on any atom is -0.463 e. The number of carbonyl (C=O) groups is 2. The summed E-state index contributed by atoms with van der Waals surface area (Å²) in [6.07, 6.45) is 0.254. The third-order valence-corrected chi connectivity index (χ3v) is 2.66. The fourth-order valence-electron chi connectivity index (χ4n) is 1.44. The summed E-state index contributed by atoms with van der Waals surface area (Å²) in [5, 5.41) is 0. The van der Waals surface area contributed by atoms with Gasteiger partial charge in [0, 0.05) is 5.57 Å². The van der Waals surface area contributed by atoms with Crippen LogP contribution in [0.2, 0.25) is 0 Å². The van der Waals surface area contributed by atoms with Crippen LogP contribution < -0.4 is 4.74 Å². The third kappa shape index (κ3) is 4.51. The van der Waals surface area contributed by atoms with E-state index < -0.39 is 5.97 Å². The number of benzene rings is 1. The number of hydrogen-bond acceptors (Lipinski definition) is 5. The van der Waals surface area contributed by atoms with E-state index in [9.17, 15) is 9.59 Å².